The summed E-state index contributed by atoms with van der Waals surface area (Å²) in [7, 11) is 1.56. The zero-order valence-corrected chi connectivity index (χ0v) is 14.2. The maximum atomic E-state index is 12.1. The molecule has 9 heteroatoms. The molecule has 2 heterocycles. The first-order valence-electron chi connectivity index (χ1n) is 8.28. The first-order valence-corrected chi connectivity index (χ1v) is 8.28. The van der Waals surface area contributed by atoms with Gasteiger partial charge in [0.2, 0.25) is 0 Å². The third kappa shape index (κ3) is 4.36. The molecule has 0 spiro atoms. The summed E-state index contributed by atoms with van der Waals surface area (Å²) in [4.78, 5) is 36.2. The standard InChI is InChI=1S/C15H25N5O4/c1-11(13(21)22)10-18(2)14(23)16-7-5-9-20-15(24)19-8-4-3-6-12(19)17-20/h11H,3-10H2,1-2H3,(H,16,23)(H,21,22). The van der Waals surface area contributed by atoms with Crippen LogP contribution in [0.2, 0.25) is 0 Å². The van der Waals surface area contributed by atoms with Crippen LogP contribution >= 0.6 is 0 Å². The van der Waals surface area contributed by atoms with Gasteiger partial charge in [0.25, 0.3) is 0 Å². The van der Waals surface area contributed by atoms with Crippen molar-refractivity contribution in [3.63, 3.8) is 0 Å². The van der Waals surface area contributed by atoms with Gasteiger partial charge in [0, 0.05) is 39.6 Å². The lowest BCUT2D eigenvalue weighted by molar-refractivity contribution is -0.141. The van der Waals surface area contributed by atoms with Crippen molar-refractivity contribution in [2.75, 3.05) is 20.1 Å². The highest BCUT2D eigenvalue weighted by Crippen LogP contribution is 2.09. The van der Waals surface area contributed by atoms with Gasteiger partial charge in [0.15, 0.2) is 0 Å². The van der Waals surface area contributed by atoms with Crippen LogP contribution in [0, 0.1) is 5.92 Å². The molecule has 2 N–H and O–H groups in total. The molecule has 1 aromatic heterocycles. The average molecular weight is 339 g/mol. The number of rotatable bonds is 7. The van der Waals surface area contributed by atoms with E-state index in [1.165, 1.54) is 9.58 Å². The molecule has 9 nitrogen and oxygen atoms in total. The van der Waals surface area contributed by atoms with Gasteiger partial charge in [-0.1, -0.05) is 6.92 Å². The molecule has 0 aliphatic carbocycles. The highest BCUT2D eigenvalue weighted by Gasteiger charge is 2.18. The van der Waals surface area contributed by atoms with E-state index in [1.807, 2.05) is 0 Å². The first-order chi connectivity index (χ1) is 11.4. The molecule has 2 amide bonds. The third-order valence-electron chi connectivity index (χ3n) is 4.17. The number of hydrogen-bond donors (Lipinski definition) is 2. The molecule has 2 rings (SSSR count). The Morgan fingerprint density at radius 2 is 2.17 bits per heavy atom. The highest BCUT2D eigenvalue weighted by atomic mass is 16.4. The van der Waals surface area contributed by atoms with Crippen molar-refractivity contribution in [1.29, 1.82) is 0 Å². The van der Waals surface area contributed by atoms with Crippen LogP contribution in [0.1, 0.15) is 32.0 Å². The summed E-state index contributed by atoms with van der Waals surface area (Å²) in [5.41, 5.74) is -0.0802. The smallest absolute Gasteiger partial charge is 0.345 e. The highest BCUT2D eigenvalue weighted by molar-refractivity contribution is 5.75. The van der Waals surface area contributed by atoms with Gasteiger partial charge in [-0.15, -0.1) is 0 Å². The number of nitrogens with one attached hydrogen (secondary N) is 1. The van der Waals surface area contributed by atoms with Crippen LogP contribution in [0.4, 0.5) is 4.79 Å². The second-order valence-corrected chi connectivity index (χ2v) is 6.24. The van der Waals surface area contributed by atoms with Crippen LogP contribution in [0.15, 0.2) is 4.79 Å². The lowest BCUT2D eigenvalue weighted by Crippen LogP contribution is -2.41. The number of nitrogens with zero attached hydrogens (tertiary/aromatic N) is 4. The minimum Gasteiger partial charge on any atom is -0.481 e. The summed E-state index contributed by atoms with van der Waals surface area (Å²) in [5.74, 6) is -0.702. The van der Waals surface area contributed by atoms with E-state index in [0.717, 1.165) is 31.6 Å². The molecule has 1 aliphatic rings. The topological polar surface area (TPSA) is 109 Å². The number of amides is 2. The molecular weight excluding hydrogens is 314 g/mol. The van der Waals surface area contributed by atoms with Crippen molar-refractivity contribution in [3.8, 4) is 0 Å². The van der Waals surface area contributed by atoms with Crippen LogP contribution in [-0.4, -0.2) is 56.5 Å². The zero-order chi connectivity index (χ0) is 17.7. The number of carboxylic acid groups (broad SMARTS) is 1. The Balaban J connectivity index is 1.75. The number of hydrogen-bond acceptors (Lipinski definition) is 4. The SMILES string of the molecule is CC(CN(C)C(=O)NCCCn1nc2n(c1=O)CCCC2)C(=O)O. The van der Waals surface area contributed by atoms with Gasteiger partial charge in [0.1, 0.15) is 5.82 Å². The number of carbonyl (C=O) groups excluding carboxylic acids is 1. The number of carboxylic acids is 1. The molecule has 0 aromatic carbocycles. The van der Waals surface area contributed by atoms with E-state index in [0.29, 0.717) is 19.5 Å². The average Bonchev–Trinajstić information content (AvgIpc) is 2.87. The van der Waals surface area contributed by atoms with Gasteiger partial charge in [-0.25, -0.2) is 14.3 Å². The Kier molecular flexibility index (Phi) is 5.99. The van der Waals surface area contributed by atoms with E-state index >= 15 is 0 Å². The molecule has 1 unspecified atom stereocenters. The molecule has 0 radical (unpaired) electrons. The van der Waals surface area contributed by atoms with Gasteiger partial charge >= 0.3 is 17.7 Å². The van der Waals surface area contributed by atoms with Crippen LogP contribution in [0.25, 0.3) is 0 Å². The summed E-state index contributed by atoms with van der Waals surface area (Å²) in [6.07, 6.45) is 3.50. The fourth-order valence-electron chi connectivity index (χ4n) is 2.73. The molecule has 0 saturated carbocycles. The molecule has 1 aliphatic heterocycles. The van der Waals surface area contributed by atoms with Crippen molar-refractivity contribution in [2.45, 2.75) is 45.7 Å². The Hall–Kier alpha value is -2.32. The lowest BCUT2D eigenvalue weighted by atomic mass is 10.2. The molecule has 1 aromatic rings. The third-order valence-corrected chi connectivity index (χ3v) is 4.17. The van der Waals surface area contributed by atoms with Crippen molar-refractivity contribution < 1.29 is 14.7 Å². The molecule has 0 bridgehead atoms. The van der Waals surface area contributed by atoms with E-state index < -0.39 is 11.9 Å². The minimum atomic E-state index is -0.933. The summed E-state index contributed by atoms with van der Waals surface area (Å²) < 4.78 is 3.19. The molecule has 0 saturated heterocycles. The van der Waals surface area contributed by atoms with Gasteiger partial charge in [-0.05, 0) is 19.3 Å². The number of aromatic nitrogens is 3. The Morgan fingerprint density at radius 3 is 2.83 bits per heavy atom. The second kappa shape index (κ2) is 7.98. The maximum Gasteiger partial charge on any atom is 0.345 e. The first kappa shape index (κ1) is 18.0. The number of carbonyl (C=O) groups is 2. The van der Waals surface area contributed by atoms with Gasteiger partial charge in [-0.2, -0.15) is 5.10 Å². The monoisotopic (exact) mass is 339 g/mol. The zero-order valence-electron chi connectivity index (χ0n) is 14.2. The van der Waals surface area contributed by atoms with Crippen molar-refractivity contribution in [3.05, 3.63) is 16.3 Å². The molecule has 134 valence electrons. The molecule has 0 fully saturated rings. The van der Waals surface area contributed by atoms with Crippen molar-refractivity contribution in [2.24, 2.45) is 5.92 Å². The minimum absolute atomic E-state index is 0.0802. The van der Waals surface area contributed by atoms with Gasteiger partial charge in [0.05, 0.1) is 5.92 Å². The van der Waals surface area contributed by atoms with Crippen LogP contribution in [0.5, 0.6) is 0 Å². The van der Waals surface area contributed by atoms with Crippen LogP contribution < -0.4 is 11.0 Å². The summed E-state index contributed by atoms with van der Waals surface area (Å²) in [5, 5.41) is 15.9. The fourth-order valence-corrected chi connectivity index (χ4v) is 2.73. The van der Waals surface area contributed by atoms with E-state index in [9.17, 15) is 14.4 Å². The predicted molar refractivity (Wildman–Crippen MR) is 86.9 cm³/mol. The van der Waals surface area contributed by atoms with E-state index in [-0.39, 0.29) is 18.3 Å². The molecule has 24 heavy (non-hydrogen) atoms. The van der Waals surface area contributed by atoms with Gasteiger partial charge in [-0.3, -0.25) is 9.36 Å². The van der Waals surface area contributed by atoms with Gasteiger partial charge < -0.3 is 15.3 Å². The summed E-state index contributed by atoms with van der Waals surface area (Å²) in [6, 6.07) is -0.320. The predicted octanol–water partition coefficient (Wildman–Crippen LogP) is 0.133. The van der Waals surface area contributed by atoms with Crippen molar-refractivity contribution >= 4 is 12.0 Å². The van der Waals surface area contributed by atoms with E-state index in [4.69, 9.17) is 5.11 Å². The van der Waals surface area contributed by atoms with E-state index in [2.05, 4.69) is 10.4 Å². The number of aliphatic carboxylic acids is 1. The molecular formula is C15H25N5O4. The van der Waals surface area contributed by atoms with Crippen LogP contribution in [0.3, 0.4) is 0 Å². The Labute approximate surface area is 140 Å². The lowest BCUT2D eigenvalue weighted by Gasteiger charge is -2.19. The summed E-state index contributed by atoms with van der Waals surface area (Å²) in [6.45, 7) is 3.29. The number of fused-ring (bicyclic) bond motifs is 1. The fraction of sp³-hybridized carbons (Fsp3) is 0.733. The van der Waals surface area contributed by atoms with Crippen LogP contribution in [-0.2, 0) is 24.3 Å². The Bertz CT molecular complexity index is 651. The number of aryl methyl sites for hydroxylation is 2. The summed E-state index contributed by atoms with van der Waals surface area (Å²) >= 11 is 0. The quantitative estimate of drug-likeness (QED) is 0.687. The Morgan fingerprint density at radius 1 is 1.42 bits per heavy atom. The normalized spacial score (nSPS) is 14.8. The van der Waals surface area contributed by atoms with E-state index in [1.54, 1.807) is 18.5 Å². The van der Waals surface area contributed by atoms with Crippen molar-refractivity contribution in [1.82, 2.24) is 24.6 Å². The molecule has 1 atom stereocenters. The maximum absolute atomic E-state index is 12.1. The number of urea groups is 1. The largest absolute Gasteiger partial charge is 0.481 e. The second-order valence-electron chi connectivity index (χ2n) is 6.24.